The topological polar surface area (TPSA) is 154 Å². The number of carbonyl (C=O) groups is 2. The Balaban J connectivity index is 1.78. The summed E-state index contributed by atoms with van der Waals surface area (Å²) < 4.78 is 18.0. The molecule has 2 rings (SSSR count). The van der Waals surface area contributed by atoms with Crippen LogP contribution in [0.3, 0.4) is 0 Å². The Morgan fingerprint density at radius 2 is 1.72 bits per heavy atom. The van der Waals surface area contributed by atoms with E-state index in [1.165, 1.54) is 18.2 Å². The van der Waals surface area contributed by atoms with Gasteiger partial charge in [-0.05, 0) is 18.2 Å². The third-order valence-electron chi connectivity index (χ3n) is 3.54. The zero-order valence-electron chi connectivity index (χ0n) is 14.8. The molecule has 0 atom stereocenters. The molecule has 0 spiro atoms. The molecular weight excluding hydrogens is 391 g/mol. The number of halogens is 1. The summed E-state index contributed by atoms with van der Waals surface area (Å²) in [6, 6.07) is 8.69. The molecule has 12 heteroatoms. The van der Waals surface area contributed by atoms with Crippen molar-refractivity contribution in [1.29, 1.82) is 0 Å². The van der Waals surface area contributed by atoms with Crippen LogP contribution in [0.4, 0.5) is 27.1 Å². The first kappa shape index (κ1) is 21.2. The van der Waals surface area contributed by atoms with Crippen LogP contribution in [0.2, 0.25) is 0 Å². The molecule has 0 saturated heterocycles. The lowest BCUT2D eigenvalue weighted by molar-refractivity contribution is -0.387. The van der Waals surface area contributed by atoms with Crippen LogP contribution in [-0.4, -0.2) is 34.9 Å². The van der Waals surface area contributed by atoms with Gasteiger partial charge < -0.3 is 15.4 Å². The van der Waals surface area contributed by atoms with Crippen molar-refractivity contribution in [3.05, 3.63) is 68.5 Å². The quantitative estimate of drug-likeness (QED) is 0.366. The smallest absolute Gasteiger partial charge is 0.308 e. The van der Waals surface area contributed by atoms with E-state index >= 15 is 0 Å². The molecule has 0 fully saturated rings. The van der Waals surface area contributed by atoms with Crippen molar-refractivity contribution >= 4 is 34.6 Å². The monoisotopic (exact) mass is 406 g/mol. The second kappa shape index (κ2) is 9.73. The normalized spacial score (nSPS) is 10.1. The van der Waals surface area contributed by atoms with Crippen molar-refractivity contribution in [2.45, 2.75) is 6.42 Å². The maximum atomic E-state index is 13.3. The summed E-state index contributed by atoms with van der Waals surface area (Å²) in [6.45, 7) is -0.620. The van der Waals surface area contributed by atoms with Crippen molar-refractivity contribution < 1.29 is 28.6 Å². The summed E-state index contributed by atoms with van der Waals surface area (Å²) in [5, 5.41) is 26.5. The summed E-state index contributed by atoms with van der Waals surface area (Å²) in [4.78, 5) is 43.5. The van der Waals surface area contributed by atoms with E-state index in [0.29, 0.717) is 0 Å². The number of nitrogens with one attached hydrogen (secondary N) is 2. The van der Waals surface area contributed by atoms with Gasteiger partial charge in [0.05, 0.1) is 16.3 Å². The molecule has 1 amide bonds. The maximum Gasteiger partial charge on any atom is 0.308 e. The van der Waals surface area contributed by atoms with Crippen molar-refractivity contribution in [1.82, 2.24) is 0 Å². The van der Waals surface area contributed by atoms with Gasteiger partial charge in [-0.1, -0.05) is 12.1 Å². The number of esters is 1. The van der Waals surface area contributed by atoms with E-state index in [9.17, 15) is 34.2 Å². The molecule has 0 unspecified atom stereocenters. The number of nitro groups is 2. The average molecular weight is 406 g/mol. The molecule has 0 saturated carbocycles. The number of hydrogen-bond acceptors (Lipinski definition) is 8. The van der Waals surface area contributed by atoms with Gasteiger partial charge in [0.25, 0.3) is 11.6 Å². The second-order valence-electron chi connectivity index (χ2n) is 5.58. The van der Waals surface area contributed by atoms with Gasteiger partial charge in [-0.25, -0.2) is 0 Å². The highest BCUT2D eigenvalue weighted by Crippen LogP contribution is 2.23. The Labute approximate surface area is 162 Å². The van der Waals surface area contributed by atoms with Gasteiger partial charge in [0.1, 0.15) is 5.69 Å². The predicted molar refractivity (Wildman–Crippen MR) is 98.8 cm³/mol. The van der Waals surface area contributed by atoms with Crippen LogP contribution < -0.4 is 10.6 Å². The molecule has 152 valence electrons. The minimum atomic E-state index is -1.05. The number of carbonyl (C=O) groups excluding carboxylic acids is 2. The van der Waals surface area contributed by atoms with Crippen molar-refractivity contribution in [3.8, 4) is 0 Å². The number of nitrogens with zero attached hydrogens (tertiary/aromatic N) is 2. The van der Waals surface area contributed by atoms with Gasteiger partial charge in [-0.15, -0.1) is 0 Å². The molecule has 0 aliphatic heterocycles. The summed E-state index contributed by atoms with van der Waals surface area (Å²) in [7, 11) is 0. The molecule has 2 N–H and O–H groups in total. The molecule has 0 radical (unpaired) electrons. The average Bonchev–Trinajstić information content (AvgIpc) is 2.68. The van der Waals surface area contributed by atoms with Crippen LogP contribution >= 0.6 is 0 Å². The van der Waals surface area contributed by atoms with Crippen molar-refractivity contribution in [2.24, 2.45) is 0 Å². The van der Waals surface area contributed by atoms with Crippen molar-refractivity contribution in [3.63, 3.8) is 0 Å². The highest BCUT2D eigenvalue weighted by Gasteiger charge is 2.16. The standard InChI is InChI=1S/C17H15FN4O7/c18-12-6-5-11(9-15(12)22(27)28)20-16(23)10-29-17(24)7-8-19-13-3-1-2-4-14(13)21(25)26/h1-6,9,19H,7-8,10H2,(H,20,23). The third-order valence-corrected chi connectivity index (χ3v) is 3.54. The van der Waals surface area contributed by atoms with Crippen molar-refractivity contribution in [2.75, 3.05) is 23.8 Å². The summed E-state index contributed by atoms with van der Waals surface area (Å²) in [6.07, 6.45) is -0.165. The van der Waals surface area contributed by atoms with E-state index in [1.54, 1.807) is 6.07 Å². The highest BCUT2D eigenvalue weighted by atomic mass is 19.1. The number of rotatable bonds is 9. The van der Waals surface area contributed by atoms with Crippen LogP contribution in [0, 0.1) is 26.0 Å². The third kappa shape index (κ3) is 6.23. The number of nitro benzene ring substituents is 2. The van der Waals surface area contributed by atoms with Crippen LogP contribution in [0.15, 0.2) is 42.5 Å². The fourth-order valence-corrected chi connectivity index (χ4v) is 2.23. The van der Waals surface area contributed by atoms with Gasteiger partial charge in [0.15, 0.2) is 6.61 Å². The fourth-order valence-electron chi connectivity index (χ4n) is 2.23. The second-order valence-corrected chi connectivity index (χ2v) is 5.58. The molecule has 0 aliphatic carbocycles. The first-order valence-corrected chi connectivity index (χ1v) is 8.14. The summed E-state index contributed by atoms with van der Waals surface area (Å²) >= 11 is 0. The van der Waals surface area contributed by atoms with Crippen LogP contribution in [0.25, 0.3) is 0 Å². The van der Waals surface area contributed by atoms with E-state index in [2.05, 4.69) is 10.6 Å². The van der Waals surface area contributed by atoms with Gasteiger partial charge >= 0.3 is 11.7 Å². The van der Waals surface area contributed by atoms with Gasteiger partial charge in [-0.3, -0.25) is 29.8 Å². The Bertz CT molecular complexity index is 951. The van der Waals surface area contributed by atoms with E-state index in [-0.39, 0.29) is 30.0 Å². The SMILES string of the molecule is O=C(COC(=O)CCNc1ccccc1[N+](=O)[O-])Nc1ccc(F)c([N+](=O)[O-])c1. The molecular formula is C17H15FN4O7. The van der Waals surface area contributed by atoms with E-state index in [1.807, 2.05) is 0 Å². The Kier molecular flexibility index (Phi) is 7.12. The minimum absolute atomic E-state index is 0.0304. The predicted octanol–water partition coefficient (Wildman–Crippen LogP) is 2.63. The number of hydrogen-bond donors (Lipinski definition) is 2. The first-order valence-electron chi connectivity index (χ1n) is 8.14. The fraction of sp³-hybridized carbons (Fsp3) is 0.176. The molecule has 2 aromatic carbocycles. The first-order chi connectivity index (χ1) is 13.8. The van der Waals surface area contributed by atoms with Crippen LogP contribution in [0.5, 0.6) is 0 Å². The zero-order chi connectivity index (χ0) is 21.4. The largest absolute Gasteiger partial charge is 0.456 e. The number of amides is 1. The molecule has 29 heavy (non-hydrogen) atoms. The lowest BCUT2D eigenvalue weighted by Crippen LogP contribution is -2.22. The van der Waals surface area contributed by atoms with Gasteiger partial charge in [0, 0.05) is 24.4 Å². The molecule has 2 aromatic rings. The number of benzene rings is 2. The van der Waals surface area contributed by atoms with Gasteiger partial charge in [0.2, 0.25) is 5.82 Å². The molecule has 0 bridgehead atoms. The number of anilines is 2. The van der Waals surface area contributed by atoms with Crippen LogP contribution in [0.1, 0.15) is 6.42 Å². The van der Waals surface area contributed by atoms with Gasteiger partial charge in [-0.2, -0.15) is 4.39 Å². The number of ether oxygens (including phenoxy) is 1. The number of para-hydroxylation sites is 2. The van der Waals surface area contributed by atoms with E-state index < -0.39 is 39.8 Å². The highest BCUT2D eigenvalue weighted by molar-refractivity contribution is 5.93. The van der Waals surface area contributed by atoms with E-state index in [0.717, 1.165) is 18.2 Å². The molecule has 11 nitrogen and oxygen atoms in total. The summed E-state index contributed by atoms with van der Waals surface area (Å²) in [5.41, 5.74) is -0.743. The molecule has 0 heterocycles. The Morgan fingerprint density at radius 1 is 1.03 bits per heavy atom. The molecule has 0 aromatic heterocycles. The summed E-state index contributed by atoms with van der Waals surface area (Å²) in [5.74, 6) is -2.56. The zero-order valence-corrected chi connectivity index (χ0v) is 14.8. The Hall–Kier alpha value is -4.09. The Morgan fingerprint density at radius 3 is 2.41 bits per heavy atom. The van der Waals surface area contributed by atoms with E-state index in [4.69, 9.17) is 4.74 Å². The lowest BCUT2D eigenvalue weighted by Gasteiger charge is -2.08. The lowest BCUT2D eigenvalue weighted by atomic mass is 10.2. The van der Waals surface area contributed by atoms with Crippen LogP contribution in [-0.2, 0) is 14.3 Å². The molecule has 0 aliphatic rings. The maximum absolute atomic E-state index is 13.3. The minimum Gasteiger partial charge on any atom is -0.456 e.